The van der Waals surface area contributed by atoms with Crippen molar-refractivity contribution in [1.82, 2.24) is 8.87 Å². The van der Waals surface area contributed by atoms with Crippen LogP contribution in [0.4, 0.5) is 5.69 Å². The van der Waals surface area contributed by atoms with Crippen molar-refractivity contribution in [3.05, 3.63) is 71.4 Å². The highest BCUT2D eigenvalue weighted by Gasteiger charge is 2.28. The number of nitrogens with zero attached hydrogens (tertiary/aromatic N) is 3. The van der Waals surface area contributed by atoms with Crippen LogP contribution in [0.15, 0.2) is 76.5 Å². The topological polar surface area (TPSA) is 63.9 Å². The molecule has 3 aromatic rings. The Bertz CT molecular complexity index is 1280. The van der Waals surface area contributed by atoms with Gasteiger partial charge in [-0.2, -0.15) is 4.31 Å². The molecule has 34 heavy (non-hydrogen) atoms. The summed E-state index contributed by atoms with van der Waals surface area (Å²) in [7, 11) is -3.46. The number of hydrogen-bond donors (Lipinski definition) is 0. The number of benzene rings is 2. The van der Waals surface area contributed by atoms with Gasteiger partial charge in [-0.1, -0.05) is 25.1 Å². The summed E-state index contributed by atoms with van der Waals surface area (Å²) in [6.07, 6.45) is 3.66. The standard InChI is InChI=1S/C26H31N3O3S2/c1-4-16-29-25(19-33-26(29)27-22-8-10-23(11-9-22)32-5-2)21-6-12-24(13-7-21)34(30,31)28-17-14-20(3)15-18-28/h4,6-13,19-20H,1,5,14-18H2,2-3H3. The van der Waals surface area contributed by atoms with Crippen LogP contribution < -0.4 is 9.54 Å². The first kappa shape index (κ1) is 24.4. The SMILES string of the molecule is C=CCn1c(-c2ccc(S(=O)(=O)N3CCC(C)CC3)cc2)csc1=Nc1ccc(OCC)cc1. The van der Waals surface area contributed by atoms with Gasteiger partial charge in [0.15, 0.2) is 4.80 Å². The van der Waals surface area contributed by atoms with Crippen LogP contribution in [-0.2, 0) is 16.6 Å². The molecule has 8 heteroatoms. The average Bonchev–Trinajstić information content (AvgIpc) is 3.23. The lowest BCUT2D eigenvalue weighted by Gasteiger charge is -2.29. The van der Waals surface area contributed by atoms with Crippen LogP contribution in [0.2, 0.25) is 0 Å². The molecule has 6 nitrogen and oxygen atoms in total. The Morgan fingerprint density at radius 1 is 1.12 bits per heavy atom. The van der Waals surface area contributed by atoms with Crippen molar-refractivity contribution in [3.8, 4) is 17.0 Å². The average molecular weight is 498 g/mol. The van der Waals surface area contributed by atoms with Gasteiger partial charge in [0.05, 0.1) is 22.9 Å². The van der Waals surface area contributed by atoms with Gasteiger partial charge in [-0.05, 0) is 67.6 Å². The summed E-state index contributed by atoms with van der Waals surface area (Å²) in [6, 6.07) is 14.9. The number of allylic oxidation sites excluding steroid dienone is 1. The molecule has 0 saturated carbocycles. The molecular formula is C26H31N3O3S2. The largest absolute Gasteiger partial charge is 0.494 e. The van der Waals surface area contributed by atoms with E-state index in [2.05, 4.69) is 18.1 Å². The third-order valence-electron chi connectivity index (χ3n) is 6.01. The van der Waals surface area contributed by atoms with Gasteiger partial charge in [-0.25, -0.2) is 13.4 Å². The molecule has 4 rings (SSSR count). The van der Waals surface area contributed by atoms with E-state index in [0.29, 0.717) is 37.1 Å². The van der Waals surface area contributed by atoms with Crippen molar-refractivity contribution in [3.63, 3.8) is 0 Å². The van der Waals surface area contributed by atoms with Gasteiger partial charge < -0.3 is 9.30 Å². The zero-order valence-electron chi connectivity index (χ0n) is 19.7. The molecule has 180 valence electrons. The molecular weight excluding hydrogens is 466 g/mol. The van der Waals surface area contributed by atoms with Gasteiger partial charge in [-0.15, -0.1) is 17.9 Å². The second kappa shape index (κ2) is 10.7. The zero-order chi connectivity index (χ0) is 24.1. The highest BCUT2D eigenvalue weighted by molar-refractivity contribution is 7.89. The summed E-state index contributed by atoms with van der Waals surface area (Å²) in [4.78, 5) is 6.00. The lowest BCUT2D eigenvalue weighted by molar-refractivity contribution is 0.288. The molecule has 1 aliphatic rings. The van der Waals surface area contributed by atoms with Gasteiger partial charge in [0.1, 0.15) is 5.75 Å². The number of thiazole rings is 1. The Morgan fingerprint density at radius 2 is 1.79 bits per heavy atom. The highest BCUT2D eigenvalue weighted by atomic mass is 32.2. The van der Waals surface area contributed by atoms with E-state index in [1.165, 1.54) is 0 Å². The fourth-order valence-corrected chi connectivity index (χ4v) is 6.43. The van der Waals surface area contributed by atoms with E-state index in [1.807, 2.05) is 54.8 Å². The quantitative estimate of drug-likeness (QED) is 0.389. The second-order valence-electron chi connectivity index (χ2n) is 8.45. The minimum atomic E-state index is -3.46. The van der Waals surface area contributed by atoms with Gasteiger partial charge >= 0.3 is 0 Å². The smallest absolute Gasteiger partial charge is 0.243 e. The van der Waals surface area contributed by atoms with Crippen molar-refractivity contribution in [2.75, 3.05) is 19.7 Å². The van der Waals surface area contributed by atoms with E-state index < -0.39 is 10.0 Å². The second-order valence-corrected chi connectivity index (χ2v) is 11.2. The molecule has 0 bridgehead atoms. The van der Waals surface area contributed by atoms with Crippen LogP contribution >= 0.6 is 11.3 Å². The molecule has 2 heterocycles. The van der Waals surface area contributed by atoms with Gasteiger partial charge in [-0.3, -0.25) is 0 Å². The Kier molecular flexibility index (Phi) is 7.70. The molecule has 0 radical (unpaired) electrons. The van der Waals surface area contributed by atoms with Crippen LogP contribution in [0.3, 0.4) is 0 Å². The summed E-state index contributed by atoms with van der Waals surface area (Å²) in [5.41, 5.74) is 2.76. The molecule has 0 atom stereocenters. The molecule has 0 spiro atoms. The molecule has 0 amide bonds. The number of piperidine rings is 1. The van der Waals surface area contributed by atoms with Gasteiger partial charge in [0.25, 0.3) is 0 Å². The van der Waals surface area contributed by atoms with Crippen LogP contribution in [0.1, 0.15) is 26.7 Å². The van der Waals surface area contributed by atoms with Crippen LogP contribution in [-0.4, -0.2) is 37.0 Å². The molecule has 1 aliphatic heterocycles. The van der Waals surface area contributed by atoms with Crippen molar-refractivity contribution in [1.29, 1.82) is 0 Å². The summed E-state index contributed by atoms with van der Waals surface area (Å²) >= 11 is 1.54. The Labute approximate surface area is 205 Å². The van der Waals surface area contributed by atoms with E-state index in [0.717, 1.165) is 40.3 Å². The minimum Gasteiger partial charge on any atom is -0.494 e. The number of ether oxygens (including phenoxy) is 1. The molecule has 2 aromatic carbocycles. The van der Waals surface area contributed by atoms with E-state index in [1.54, 1.807) is 27.8 Å². The lowest BCUT2D eigenvalue weighted by atomic mass is 10.0. The van der Waals surface area contributed by atoms with Crippen LogP contribution in [0.25, 0.3) is 11.3 Å². The molecule has 1 aromatic heterocycles. The van der Waals surface area contributed by atoms with Crippen LogP contribution in [0.5, 0.6) is 5.75 Å². The summed E-state index contributed by atoms with van der Waals surface area (Å²) in [5.74, 6) is 1.40. The van der Waals surface area contributed by atoms with Gasteiger partial charge in [0, 0.05) is 25.0 Å². The molecule has 0 unspecified atom stereocenters. The first-order valence-corrected chi connectivity index (χ1v) is 13.9. The Hall–Kier alpha value is -2.68. The predicted octanol–water partition coefficient (Wildman–Crippen LogP) is 5.45. The molecule has 0 N–H and O–H groups in total. The Morgan fingerprint density at radius 3 is 2.41 bits per heavy atom. The highest BCUT2D eigenvalue weighted by Crippen LogP contribution is 2.27. The van der Waals surface area contributed by atoms with Crippen molar-refractivity contribution in [2.24, 2.45) is 10.9 Å². The summed E-state index contributed by atoms with van der Waals surface area (Å²) < 4.78 is 35.3. The maximum atomic E-state index is 13.1. The number of hydrogen-bond acceptors (Lipinski definition) is 5. The van der Waals surface area contributed by atoms with E-state index >= 15 is 0 Å². The first-order valence-electron chi connectivity index (χ1n) is 11.6. The van der Waals surface area contributed by atoms with Gasteiger partial charge in [0.2, 0.25) is 10.0 Å². The third-order valence-corrected chi connectivity index (χ3v) is 8.79. The zero-order valence-corrected chi connectivity index (χ0v) is 21.3. The first-order chi connectivity index (χ1) is 16.4. The van der Waals surface area contributed by atoms with E-state index in [-0.39, 0.29) is 0 Å². The number of sulfonamides is 1. The molecule has 1 fully saturated rings. The predicted molar refractivity (Wildman–Crippen MR) is 138 cm³/mol. The van der Waals surface area contributed by atoms with E-state index in [4.69, 9.17) is 9.73 Å². The Balaban J connectivity index is 1.62. The molecule has 0 aliphatic carbocycles. The van der Waals surface area contributed by atoms with Crippen LogP contribution in [0, 0.1) is 5.92 Å². The third kappa shape index (κ3) is 5.35. The fraction of sp³-hybridized carbons (Fsp3) is 0.346. The maximum absolute atomic E-state index is 13.1. The van der Waals surface area contributed by atoms with E-state index in [9.17, 15) is 8.42 Å². The maximum Gasteiger partial charge on any atom is 0.243 e. The summed E-state index contributed by atoms with van der Waals surface area (Å²) in [6.45, 7) is 10.4. The van der Waals surface area contributed by atoms with Crippen molar-refractivity contribution >= 4 is 27.0 Å². The monoisotopic (exact) mass is 497 g/mol. The van der Waals surface area contributed by atoms with Crippen molar-refractivity contribution in [2.45, 2.75) is 38.1 Å². The normalized spacial score (nSPS) is 16.0. The fourth-order valence-electron chi connectivity index (χ4n) is 4.02. The van der Waals surface area contributed by atoms with Crippen molar-refractivity contribution < 1.29 is 13.2 Å². The summed E-state index contributed by atoms with van der Waals surface area (Å²) in [5, 5.41) is 2.05. The number of rotatable bonds is 8. The lowest BCUT2D eigenvalue weighted by Crippen LogP contribution is -2.37. The number of aromatic nitrogens is 1. The molecule has 1 saturated heterocycles. The minimum absolute atomic E-state index is 0.343.